The molecule has 3 aromatic rings. The highest BCUT2D eigenvalue weighted by Gasteiger charge is 2.18. The first-order chi connectivity index (χ1) is 9.56. The van der Waals surface area contributed by atoms with Crippen molar-refractivity contribution in [3.8, 4) is 0 Å². The molecule has 3 rings (SSSR count). The van der Waals surface area contributed by atoms with Crippen molar-refractivity contribution in [3.63, 3.8) is 0 Å². The van der Waals surface area contributed by atoms with Crippen LogP contribution >= 0.6 is 34.5 Å². The first kappa shape index (κ1) is 13.4. The summed E-state index contributed by atoms with van der Waals surface area (Å²) in [6.07, 6.45) is 1.52. The summed E-state index contributed by atoms with van der Waals surface area (Å²) in [5, 5.41) is 0. The van der Waals surface area contributed by atoms with Crippen LogP contribution in [0, 0.1) is 0 Å². The Balaban J connectivity index is 2.01. The van der Waals surface area contributed by atoms with Crippen LogP contribution in [0.15, 0.2) is 33.6 Å². The van der Waals surface area contributed by atoms with Gasteiger partial charge in [0, 0.05) is 6.20 Å². The number of hydrogen-bond acceptors (Lipinski definition) is 5. The van der Waals surface area contributed by atoms with Crippen LogP contribution in [-0.4, -0.2) is 15.3 Å². The monoisotopic (exact) mass is 328 g/mol. The molecule has 102 valence electrons. The van der Waals surface area contributed by atoms with E-state index < -0.39 is 5.76 Å². The number of carbonyl (C=O) groups is 1. The maximum Gasteiger partial charge on any atom is 0.421 e. The lowest BCUT2D eigenvalue weighted by atomic mass is 10.2. The van der Waals surface area contributed by atoms with Crippen LogP contribution in [0.4, 0.5) is 0 Å². The zero-order valence-electron chi connectivity index (χ0n) is 9.80. The lowest BCUT2D eigenvalue weighted by Crippen LogP contribution is -2.20. The summed E-state index contributed by atoms with van der Waals surface area (Å²) in [6.45, 7) is -0.199. The van der Waals surface area contributed by atoms with Crippen molar-refractivity contribution >= 4 is 51.6 Å². The molecule has 0 N–H and O–H groups in total. The van der Waals surface area contributed by atoms with Gasteiger partial charge in [-0.3, -0.25) is 9.36 Å². The van der Waals surface area contributed by atoms with Gasteiger partial charge in [0.1, 0.15) is 4.34 Å². The first-order valence-corrected chi connectivity index (χ1v) is 7.06. The molecule has 0 saturated heterocycles. The molecular formula is C12H6Cl2N2O3S. The normalized spacial score (nSPS) is 11.1. The maximum atomic E-state index is 12.2. The largest absolute Gasteiger partial charge is 0.421 e. The van der Waals surface area contributed by atoms with Crippen molar-refractivity contribution in [1.82, 2.24) is 9.55 Å². The van der Waals surface area contributed by atoms with E-state index in [1.54, 1.807) is 12.1 Å². The Morgan fingerprint density at radius 3 is 2.95 bits per heavy atom. The van der Waals surface area contributed by atoms with Gasteiger partial charge >= 0.3 is 5.76 Å². The number of Topliss-reactive ketones (excluding diaryl/α,β-unsaturated/α-hetero) is 1. The van der Waals surface area contributed by atoms with Crippen molar-refractivity contribution in [2.75, 3.05) is 0 Å². The van der Waals surface area contributed by atoms with Crippen molar-refractivity contribution < 1.29 is 9.21 Å². The number of halogens is 2. The first-order valence-electron chi connectivity index (χ1n) is 5.48. The van der Waals surface area contributed by atoms with Crippen LogP contribution in [0.1, 0.15) is 10.4 Å². The van der Waals surface area contributed by atoms with Gasteiger partial charge in [-0.25, -0.2) is 9.78 Å². The van der Waals surface area contributed by atoms with Crippen molar-refractivity contribution in [1.29, 1.82) is 0 Å². The van der Waals surface area contributed by atoms with Crippen molar-refractivity contribution in [3.05, 3.63) is 49.2 Å². The fourth-order valence-electron chi connectivity index (χ4n) is 1.80. The van der Waals surface area contributed by atoms with Gasteiger partial charge in [-0.1, -0.05) is 23.2 Å². The average molecular weight is 329 g/mol. The number of carbonyl (C=O) groups excluding carboxylic acids is 1. The SMILES string of the molecule is O=C(Cn1c(=O)oc2cccnc21)c1cc(Cl)sc1Cl. The molecule has 5 nitrogen and oxygen atoms in total. The van der Waals surface area contributed by atoms with Gasteiger partial charge in [0.05, 0.1) is 16.4 Å². The molecule has 0 spiro atoms. The van der Waals surface area contributed by atoms with E-state index >= 15 is 0 Å². The summed E-state index contributed by atoms with van der Waals surface area (Å²) in [7, 11) is 0. The third kappa shape index (κ3) is 2.26. The minimum atomic E-state index is -0.635. The molecule has 0 atom stereocenters. The Kier molecular flexibility index (Phi) is 3.37. The zero-order valence-corrected chi connectivity index (χ0v) is 12.1. The molecule has 0 bridgehead atoms. The molecule has 0 aliphatic rings. The summed E-state index contributed by atoms with van der Waals surface area (Å²) in [5.41, 5.74) is 0.946. The van der Waals surface area contributed by atoms with Gasteiger partial charge in [-0.2, -0.15) is 0 Å². The number of fused-ring (bicyclic) bond motifs is 1. The third-order valence-corrected chi connectivity index (χ3v) is 4.17. The summed E-state index contributed by atoms with van der Waals surface area (Å²) >= 11 is 12.8. The standard InChI is InChI=1S/C12H6Cl2N2O3S/c13-9-4-6(10(14)20-9)7(17)5-16-11-8(19-12(16)18)2-1-3-15-11/h1-4H,5H2. The number of hydrogen-bond donors (Lipinski definition) is 0. The highest BCUT2D eigenvalue weighted by atomic mass is 35.5. The number of thiophene rings is 1. The van der Waals surface area contributed by atoms with Crippen LogP contribution < -0.4 is 5.76 Å². The fourth-order valence-corrected chi connectivity index (χ4v) is 3.30. The lowest BCUT2D eigenvalue weighted by molar-refractivity contribution is 0.0971. The Labute approximate surface area is 126 Å². The lowest BCUT2D eigenvalue weighted by Gasteiger charge is -2.00. The van der Waals surface area contributed by atoms with E-state index in [9.17, 15) is 9.59 Å². The molecule has 0 aliphatic heterocycles. The summed E-state index contributed by atoms with van der Waals surface area (Å²) in [5.74, 6) is -0.960. The third-order valence-electron chi connectivity index (χ3n) is 2.68. The predicted molar refractivity (Wildman–Crippen MR) is 76.9 cm³/mol. The summed E-state index contributed by atoms with van der Waals surface area (Å²) in [6, 6.07) is 4.74. The van der Waals surface area contributed by atoms with E-state index in [1.807, 2.05) is 0 Å². The van der Waals surface area contributed by atoms with Gasteiger partial charge in [-0.15, -0.1) is 11.3 Å². The Bertz CT molecular complexity index is 865. The molecular weight excluding hydrogens is 323 g/mol. The van der Waals surface area contributed by atoms with Crippen molar-refractivity contribution in [2.24, 2.45) is 0 Å². The van der Waals surface area contributed by atoms with Crippen LogP contribution in [0.2, 0.25) is 8.67 Å². The number of oxazole rings is 1. The smallest absolute Gasteiger partial charge is 0.406 e. The second-order valence-electron chi connectivity index (χ2n) is 3.94. The van der Waals surface area contributed by atoms with Crippen LogP contribution in [-0.2, 0) is 6.54 Å². The fraction of sp³-hybridized carbons (Fsp3) is 0.0833. The van der Waals surface area contributed by atoms with Crippen LogP contribution in [0.5, 0.6) is 0 Å². The van der Waals surface area contributed by atoms with Crippen LogP contribution in [0.25, 0.3) is 11.2 Å². The molecule has 3 heterocycles. The van der Waals surface area contributed by atoms with E-state index in [0.29, 0.717) is 25.5 Å². The van der Waals surface area contributed by atoms with Gasteiger partial charge in [0.2, 0.25) is 0 Å². The van der Waals surface area contributed by atoms with E-state index in [4.69, 9.17) is 27.6 Å². The second-order valence-corrected chi connectivity index (χ2v) is 6.23. The number of nitrogens with zero attached hydrogens (tertiary/aromatic N) is 2. The van der Waals surface area contributed by atoms with Gasteiger partial charge in [0.15, 0.2) is 17.0 Å². The molecule has 3 aromatic heterocycles. The molecule has 0 aliphatic carbocycles. The molecule has 0 aromatic carbocycles. The molecule has 20 heavy (non-hydrogen) atoms. The molecule has 0 amide bonds. The predicted octanol–water partition coefficient (Wildman–Crippen LogP) is 3.24. The minimum absolute atomic E-state index is 0.199. The Morgan fingerprint density at radius 1 is 1.45 bits per heavy atom. The molecule has 0 radical (unpaired) electrons. The van der Waals surface area contributed by atoms with Crippen molar-refractivity contribution in [2.45, 2.75) is 6.54 Å². The number of rotatable bonds is 3. The highest BCUT2D eigenvalue weighted by Crippen LogP contribution is 2.31. The zero-order chi connectivity index (χ0) is 14.3. The molecule has 0 unspecified atom stereocenters. The quantitative estimate of drug-likeness (QED) is 0.692. The van der Waals surface area contributed by atoms with E-state index in [0.717, 1.165) is 11.3 Å². The average Bonchev–Trinajstić information content (AvgIpc) is 2.90. The topological polar surface area (TPSA) is 65.1 Å². The molecule has 0 saturated carbocycles. The summed E-state index contributed by atoms with van der Waals surface area (Å²) < 4.78 is 6.89. The number of pyridine rings is 1. The molecule has 8 heteroatoms. The number of aromatic nitrogens is 2. The van der Waals surface area contributed by atoms with E-state index in [2.05, 4.69) is 4.98 Å². The molecule has 0 fully saturated rings. The van der Waals surface area contributed by atoms with E-state index in [1.165, 1.54) is 16.8 Å². The van der Waals surface area contributed by atoms with Gasteiger partial charge in [0.25, 0.3) is 0 Å². The number of ketones is 1. The second kappa shape index (κ2) is 5.05. The summed E-state index contributed by atoms with van der Waals surface area (Å²) in [4.78, 5) is 28.0. The maximum absolute atomic E-state index is 12.2. The minimum Gasteiger partial charge on any atom is -0.406 e. The van der Waals surface area contributed by atoms with Gasteiger partial charge in [-0.05, 0) is 18.2 Å². The van der Waals surface area contributed by atoms with Crippen LogP contribution in [0.3, 0.4) is 0 Å². The highest BCUT2D eigenvalue weighted by molar-refractivity contribution is 7.20. The van der Waals surface area contributed by atoms with E-state index in [-0.39, 0.29) is 12.3 Å². The Morgan fingerprint density at radius 2 is 2.25 bits per heavy atom. The van der Waals surface area contributed by atoms with Gasteiger partial charge < -0.3 is 4.42 Å². The Hall–Kier alpha value is -1.63.